The molecule has 1 rings (SSSR count). The van der Waals surface area contributed by atoms with Crippen LogP contribution in [0.3, 0.4) is 0 Å². The molecule has 0 unspecified atom stereocenters. The smallest absolute Gasteiger partial charge is 0.0911 e. The Balaban J connectivity index is 2.53. The van der Waals surface area contributed by atoms with Crippen molar-refractivity contribution in [2.75, 3.05) is 18.5 Å². The molecule has 0 fully saturated rings. The lowest BCUT2D eigenvalue weighted by Gasteiger charge is -2.05. The van der Waals surface area contributed by atoms with Crippen molar-refractivity contribution in [3.8, 4) is 0 Å². The summed E-state index contributed by atoms with van der Waals surface area (Å²) in [5.41, 5.74) is 0.949. The van der Waals surface area contributed by atoms with Gasteiger partial charge in [0, 0.05) is 16.7 Å². The molecule has 1 aromatic carbocycles. The fourth-order valence-electron chi connectivity index (χ4n) is 0.906. The molecule has 13 heavy (non-hydrogen) atoms. The molecule has 0 radical (unpaired) electrons. The van der Waals surface area contributed by atoms with Crippen molar-refractivity contribution in [1.29, 1.82) is 0 Å². The Hall–Kier alpha value is -0.280. The first-order chi connectivity index (χ1) is 6.24. The standard InChI is InChI=1S/C9H10BrClFN/c10-8-6-7(2-3-9(8)11)13-5-1-4-12/h2-3,6,13H,1,4-5H2. The molecule has 0 saturated carbocycles. The number of anilines is 1. The molecule has 0 aliphatic heterocycles. The van der Waals surface area contributed by atoms with Crippen LogP contribution >= 0.6 is 27.5 Å². The van der Waals surface area contributed by atoms with E-state index in [9.17, 15) is 4.39 Å². The second-order valence-electron chi connectivity index (χ2n) is 2.60. The predicted octanol–water partition coefficient (Wildman–Crippen LogP) is 3.87. The maximum atomic E-state index is 11.8. The van der Waals surface area contributed by atoms with E-state index in [2.05, 4.69) is 21.2 Å². The van der Waals surface area contributed by atoms with Crippen LogP contribution in [0.1, 0.15) is 6.42 Å². The first kappa shape index (κ1) is 10.8. The molecule has 0 atom stereocenters. The molecule has 1 N–H and O–H groups in total. The summed E-state index contributed by atoms with van der Waals surface area (Å²) in [6.07, 6.45) is 0.528. The number of rotatable bonds is 4. The zero-order valence-corrected chi connectivity index (χ0v) is 9.33. The molecule has 72 valence electrons. The summed E-state index contributed by atoms with van der Waals surface area (Å²) in [6.45, 7) is 0.354. The lowest BCUT2D eigenvalue weighted by Crippen LogP contribution is -2.01. The predicted molar refractivity (Wildman–Crippen MR) is 58.2 cm³/mol. The third-order valence-electron chi connectivity index (χ3n) is 1.56. The van der Waals surface area contributed by atoms with Crippen LogP contribution in [0.15, 0.2) is 22.7 Å². The van der Waals surface area contributed by atoms with Crippen molar-refractivity contribution >= 4 is 33.2 Å². The van der Waals surface area contributed by atoms with Crippen LogP contribution in [-0.4, -0.2) is 13.2 Å². The van der Waals surface area contributed by atoms with Crippen molar-refractivity contribution < 1.29 is 4.39 Å². The molecule has 0 aliphatic carbocycles. The van der Waals surface area contributed by atoms with Crippen molar-refractivity contribution in [2.45, 2.75) is 6.42 Å². The topological polar surface area (TPSA) is 12.0 Å². The van der Waals surface area contributed by atoms with Gasteiger partial charge < -0.3 is 5.32 Å². The lowest BCUT2D eigenvalue weighted by atomic mass is 10.3. The van der Waals surface area contributed by atoms with Crippen LogP contribution in [0.4, 0.5) is 10.1 Å². The van der Waals surface area contributed by atoms with Gasteiger partial charge in [0.05, 0.1) is 11.7 Å². The third-order valence-corrected chi connectivity index (χ3v) is 2.77. The van der Waals surface area contributed by atoms with Gasteiger partial charge in [0.1, 0.15) is 0 Å². The summed E-state index contributed by atoms with van der Waals surface area (Å²) >= 11 is 9.12. The highest BCUT2D eigenvalue weighted by Crippen LogP contribution is 2.25. The second-order valence-corrected chi connectivity index (χ2v) is 3.86. The van der Waals surface area contributed by atoms with Gasteiger partial charge in [-0.2, -0.15) is 0 Å². The second kappa shape index (κ2) is 5.45. The molecule has 0 amide bonds. The Morgan fingerprint density at radius 1 is 1.46 bits per heavy atom. The maximum Gasteiger partial charge on any atom is 0.0911 e. The average Bonchev–Trinajstić information content (AvgIpc) is 2.12. The summed E-state index contributed by atoms with van der Waals surface area (Å²) in [7, 11) is 0. The third kappa shape index (κ3) is 3.53. The summed E-state index contributed by atoms with van der Waals surface area (Å²) in [4.78, 5) is 0. The first-order valence-electron chi connectivity index (χ1n) is 3.99. The number of hydrogen-bond donors (Lipinski definition) is 1. The van der Waals surface area contributed by atoms with Crippen molar-refractivity contribution in [3.63, 3.8) is 0 Å². The summed E-state index contributed by atoms with van der Waals surface area (Å²) in [5, 5.41) is 3.76. The normalized spacial score (nSPS) is 10.1. The van der Waals surface area contributed by atoms with Crippen LogP contribution in [0, 0.1) is 0 Å². The zero-order chi connectivity index (χ0) is 9.68. The van der Waals surface area contributed by atoms with Crippen molar-refractivity contribution in [3.05, 3.63) is 27.7 Å². The van der Waals surface area contributed by atoms with Gasteiger partial charge in [-0.05, 0) is 40.5 Å². The van der Waals surface area contributed by atoms with E-state index in [-0.39, 0.29) is 6.67 Å². The molecule has 0 heterocycles. The van der Waals surface area contributed by atoms with Crippen LogP contribution < -0.4 is 5.32 Å². The maximum absolute atomic E-state index is 11.8. The zero-order valence-electron chi connectivity index (χ0n) is 6.99. The number of halogens is 3. The van der Waals surface area contributed by atoms with Crippen LogP contribution in [0.25, 0.3) is 0 Å². The molecule has 0 aliphatic rings. The van der Waals surface area contributed by atoms with E-state index >= 15 is 0 Å². The van der Waals surface area contributed by atoms with E-state index in [1.165, 1.54) is 0 Å². The summed E-state index contributed by atoms with van der Waals surface area (Å²) in [5.74, 6) is 0. The van der Waals surface area contributed by atoms with Gasteiger partial charge in [-0.15, -0.1) is 0 Å². The highest BCUT2D eigenvalue weighted by molar-refractivity contribution is 9.10. The highest BCUT2D eigenvalue weighted by atomic mass is 79.9. The van der Waals surface area contributed by atoms with Gasteiger partial charge in [-0.1, -0.05) is 11.6 Å². The molecule has 0 spiro atoms. The van der Waals surface area contributed by atoms with Crippen molar-refractivity contribution in [1.82, 2.24) is 0 Å². The first-order valence-corrected chi connectivity index (χ1v) is 5.16. The Morgan fingerprint density at radius 2 is 2.23 bits per heavy atom. The van der Waals surface area contributed by atoms with Gasteiger partial charge in [0.2, 0.25) is 0 Å². The van der Waals surface area contributed by atoms with E-state index in [0.29, 0.717) is 18.0 Å². The Kier molecular flexibility index (Phi) is 4.53. The molecular formula is C9H10BrClFN. The number of hydrogen-bond acceptors (Lipinski definition) is 1. The summed E-state index contributed by atoms with van der Waals surface area (Å²) in [6, 6.07) is 5.54. The van der Waals surface area contributed by atoms with E-state index in [4.69, 9.17) is 11.6 Å². The monoisotopic (exact) mass is 265 g/mol. The molecular weight excluding hydrogens is 256 g/mol. The lowest BCUT2D eigenvalue weighted by molar-refractivity contribution is 0.481. The van der Waals surface area contributed by atoms with Crippen LogP contribution in [0.2, 0.25) is 5.02 Å². The molecule has 0 bridgehead atoms. The van der Waals surface area contributed by atoms with Crippen LogP contribution in [-0.2, 0) is 0 Å². The molecule has 0 saturated heterocycles. The van der Waals surface area contributed by atoms with E-state index < -0.39 is 0 Å². The SMILES string of the molecule is FCCCNc1ccc(Cl)c(Br)c1. The Bertz CT molecular complexity index is 280. The number of benzene rings is 1. The van der Waals surface area contributed by atoms with E-state index in [1.54, 1.807) is 6.07 Å². The van der Waals surface area contributed by atoms with Gasteiger partial charge in [0.15, 0.2) is 0 Å². The van der Waals surface area contributed by atoms with Gasteiger partial charge in [0.25, 0.3) is 0 Å². The fraction of sp³-hybridized carbons (Fsp3) is 0.333. The molecule has 4 heteroatoms. The minimum Gasteiger partial charge on any atom is -0.385 e. The fourth-order valence-corrected chi connectivity index (χ4v) is 1.40. The Labute approximate surface area is 90.4 Å². The quantitative estimate of drug-likeness (QED) is 0.816. The van der Waals surface area contributed by atoms with Gasteiger partial charge in [-0.3, -0.25) is 4.39 Å². The molecule has 0 aromatic heterocycles. The number of nitrogens with one attached hydrogen (secondary N) is 1. The van der Waals surface area contributed by atoms with Gasteiger partial charge >= 0.3 is 0 Å². The Morgan fingerprint density at radius 3 is 2.85 bits per heavy atom. The van der Waals surface area contributed by atoms with E-state index in [0.717, 1.165) is 10.2 Å². The van der Waals surface area contributed by atoms with Crippen molar-refractivity contribution in [2.24, 2.45) is 0 Å². The molecule has 1 aromatic rings. The van der Waals surface area contributed by atoms with E-state index in [1.807, 2.05) is 12.1 Å². The highest BCUT2D eigenvalue weighted by Gasteiger charge is 1.97. The number of alkyl halides is 1. The molecule has 1 nitrogen and oxygen atoms in total. The average molecular weight is 267 g/mol. The minimum absolute atomic E-state index is 0.290. The van der Waals surface area contributed by atoms with Gasteiger partial charge in [-0.25, -0.2) is 0 Å². The minimum atomic E-state index is -0.290. The summed E-state index contributed by atoms with van der Waals surface area (Å²) < 4.78 is 12.6. The van der Waals surface area contributed by atoms with Crippen LogP contribution in [0.5, 0.6) is 0 Å². The largest absolute Gasteiger partial charge is 0.385 e.